The molecule has 1 unspecified atom stereocenters. The van der Waals surface area contributed by atoms with Gasteiger partial charge >= 0.3 is 0 Å². The summed E-state index contributed by atoms with van der Waals surface area (Å²) >= 11 is 0. The number of hydrogen-bond acceptors (Lipinski definition) is 3. The van der Waals surface area contributed by atoms with Crippen molar-refractivity contribution < 1.29 is 13.9 Å². The molecule has 0 amide bonds. The summed E-state index contributed by atoms with van der Waals surface area (Å²) in [6, 6.07) is 1.04. The first kappa shape index (κ1) is 12.4. The van der Waals surface area contributed by atoms with Crippen LogP contribution in [0.15, 0.2) is 12.3 Å². The van der Waals surface area contributed by atoms with Gasteiger partial charge in [0.15, 0.2) is 0 Å². The molecule has 17 heavy (non-hydrogen) atoms. The van der Waals surface area contributed by atoms with Gasteiger partial charge in [-0.3, -0.25) is 13.5 Å². The van der Waals surface area contributed by atoms with Crippen molar-refractivity contribution >= 4 is 0 Å². The largest absolute Gasteiger partial charge is 0.388 e. The average molecular weight is 245 g/mol. The van der Waals surface area contributed by atoms with Crippen LogP contribution in [0.3, 0.4) is 0 Å². The molecule has 1 aliphatic carbocycles. The molecule has 1 fully saturated rings. The van der Waals surface area contributed by atoms with Crippen LogP contribution in [0.25, 0.3) is 0 Å². The maximum absolute atomic E-state index is 12.7. The lowest BCUT2D eigenvalue weighted by molar-refractivity contribution is -0.159. The molecule has 0 aromatic carbocycles. The van der Waals surface area contributed by atoms with Gasteiger partial charge in [-0.1, -0.05) is 0 Å². The lowest BCUT2D eigenvalue weighted by Gasteiger charge is -2.53. The molecule has 0 saturated heterocycles. The first-order valence-electron chi connectivity index (χ1n) is 5.54. The highest BCUT2D eigenvalue weighted by Gasteiger charge is 2.57. The van der Waals surface area contributed by atoms with Gasteiger partial charge in [-0.2, -0.15) is 5.10 Å². The van der Waals surface area contributed by atoms with Gasteiger partial charge in [-0.15, -0.1) is 0 Å². The van der Waals surface area contributed by atoms with Gasteiger partial charge in [0.2, 0.25) is 0 Å². The molecule has 1 saturated carbocycles. The van der Waals surface area contributed by atoms with Gasteiger partial charge in [0.05, 0.1) is 30.7 Å². The van der Waals surface area contributed by atoms with Crippen molar-refractivity contribution in [2.24, 2.45) is 18.2 Å². The summed E-state index contributed by atoms with van der Waals surface area (Å²) in [6.07, 6.45) is 1.69. The SMILES string of the molecule is Cn1nccc1C(N)C1(O)CC(CF)(CF)C1. The van der Waals surface area contributed by atoms with Gasteiger partial charge < -0.3 is 10.8 Å². The highest BCUT2D eigenvalue weighted by atomic mass is 19.1. The van der Waals surface area contributed by atoms with Crippen molar-refractivity contribution in [3.8, 4) is 0 Å². The van der Waals surface area contributed by atoms with Crippen LogP contribution in [0, 0.1) is 5.41 Å². The van der Waals surface area contributed by atoms with Crippen LogP contribution in [0.2, 0.25) is 0 Å². The molecule has 0 radical (unpaired) electrons. The molecule has 1 aromatic heterocycles. The van der Waals surface area contributed by atoms with E-state index in [1.807, 2.05) is 0 Å². The van der Waals surface area contributed by atoms with E-state index in [9.17, 15) is 13.9 Å². The number of aromatic nitrogens is 2. The van der Waals surface area contributed by atoms with E-state index in [0.717, 1.165) is 0 Å². The summed E-state index contributed by atoms with van der Waals surface area (Å²) in [5.41, 5.74) is 4.35. The second-order valence-corrected chi connectivity index (χ2v) is 5.08. The Labute approximate surface area is 98.4 Å². The lowest BCUT2D eigenvalue weighted by atomic mass is 9.57. The molecule has 1 atom stereocenters. The molecular weight excluding hydrogens is 228 g/mol. The van der Waals surface area contributed by atoms with Crippen molar-refractivity contribution in [2.75, 3.05) is 13.3 Å². The number of aliphatic hydroxyl groups is 1. The Hall–Kier alpha value is -1.01. The fourth-order valence-electron chi connectivity index (χ4n) is 2.66. The first-order chi connectivity index (χ1) is 7.96. The maximum Gasteiger partial charge on any atom is 0.0977 e. The van der Waals surface area contributed by atoms with Crippen LogP contribution in [-0.4, -0.2) is 33.8 Å². The Morgan fingerprint density at radius 1 is 1.53 bits per heavy atom. The van der Waals surface area contributed by atoms with E-state index in [2.05, 4.69) is 5.10 Å². The number of nitrogens with zero attached hydrogens (tertiary/aromatic N) is 2. The second kappa shape index (κ2) is 4.03. The topological polar surface area (TPSA) is 64.1 Å². The summed E-state index contributed by atoms with van der Waals surface area (Å²) in [5.74, 6) is 0. The van der Waals surface area contributed by atoms with E-state index >= 15 is 0 Å². The number of halogens is 2. The number of rotatable bonds is 4. The third-order valence-electron chi connectivity index (χ3n) is 3.69. The summed E-state index contributed by atoms with van der Waals surface area (Å²) < 4.78 is 27.0. The summed E-state index contributed by atoms with van der Waals surface area (Å²) in [5, 5.41) is 14.2. The monoisotopic (exact) mass is 245 g/mol. The predicted molar refractivity (Wildman–Crippen MR) is 58.7 cm³/mol. The van der Waals surface area contributed by atoms with Crippen molar-refractivity contribution in [3.05, 3.63) is 18.0 Å². The Morgan fingerprint density at radius 3 is 2.53 bits per heavy atom. The first-order valence-corrected chi connectivity index (χ1v) is 5.54. The minimum atomic E-state index is -1.23. The highest BCUT2D eigenvalue weighted by molar-refractivity contribution is 5.18. The van der Waals surface area contributed by atoms with Crippen LogP contribution in [0.1, 0.15) is 24.6 Å². The van der Waals surface area contributed by atoms with Crippen molar-refractivity contribution in [3.63, 3.8) is 0 Å². The smallest absolute Gasteiger partial charge is 0.0977 e. The summed E-state index contributed by atoms with van der Waals surface area (Å²) in [6.45, 7) is -1.52. The number of alkyl halides is 2. The van der Waals surface area contributed by atoms with E-state index in [1.54, 1.807) is 24.0 Å². The molecule has 2 rings (SSSR count). The molecule has 0 spiro atoms. The van der Waals surface area contributed by atoms with Crippen molar-refractivity contribution in [1.29, 1.82) is 0 Å². The van der Waals surface area contributed by atoms with Gasteiger partial charge in [-0.25, -0.2) is 0 Å². The molecule has 0 aliphatic heterocycles. The van der Waals surface area contributed by atoms with Gasteiger partial charge in [0, 0.05) is 18.7 Å². The van der Waals surface area contributed by atoms with E-state index in [4.69, 9.17) is 5.73 Å². The third kappa shape index (κ3) is 1.85. The van der Waals surface area contributed by atoms with Crippen LogP contribution in [0.5, 0.6) is 0 Å². The van der Waals surface area contributed by atoms with Crippen molar-refractivity contribution in [2.45, 2.75) is 24.5 Å². The molecule has 96 valence electrons. The standard InChI is InChI=1S/C11H17F2N3O/c1-16-8(2-3-15-16)9(14)11(17)4-10(5-11,6-12)7-13/h2-3,9,17H,4-7,14H2,1H3. The molecule has 6 heteroatoms. The number of hydrogen-bond donors (Lipinski definition) is 2. The Bertz CT molecular complexity index is 395. The van der Waals surface area contributed by atoms with Crippen LogP contribution < -0.4 is 5.73 Å². The number of aryl methyl sites for hydroxylation is 1. The summed E-state index contributed by atoms with van der Waals surface area (Å²) in [7, 11) is 1.72. The fraction of sp³-hybridized carbons (Fsp3) is 0.727. The predicted octanol–water partition coefficient (Wildman–Crippen LogP) is 0.870. The normalized spacial score (nSPS) is 23.1. The Morgan fingerprint density at radius 2 is 2.12 bits per heavy atom. The molecular formula is C11H17F2N3O. The van der Waals surface area contributed by atoms with E-state index < -0.39 is 30.4 Å². The zero-order chi connectivity index (χ0) is 12.7. The van der Waals surface area contributed by atoms with Crippen molar-refractivity contribution in [1.82, 2.24) is 9.78 Å². The highest BCUT2D eigenvalue weighted by Crippen LogP contribution is 2.53. The molecule has 1 heterocycles. The summed E-state index contributed by atoms with van der Waals surface area (Å²) in [4.78, 5) is 0. The molecule has 1 aliphatic rings. The fourth-order valence-corrected chi connectivity index (χ4v) is 2.66. The van der Waals surface area contributed by atoms with Gasteiger partial charge in [0.1, 0.15) is 0 Å². The molecule has 0 bridgehead atoms. The Balaban J connectivity index is 2.13. The molecule has 4 nitrogen and oxygen atoms in total. The average Bonchev–Trinajstić information content (AvgIpc) is 2.70. The zero-order valence-corrected chi connectivity index (χ0v) is 9.74. The second-order valence-electron chi connectivity index (χ2n) is 5.08. The van der Waals surface area contributed by atoms with E-state index in [0.29, 0.717) is 5.69 Å². The molecule has 3 N–H and O–H groups in total. The van der Waals surface area contributed by atoms with Gasteiger partial charge in [-0.05, 0) is 18.9 Å². The minimum absolute atomic E-state index is 0.0549. The minimum Gasteiger partial charge on any atom is -0.388 e. The van der Waals surface area contributed by atoms with Crippen LogP contribution in [-0.2, 0) is 7.05 Å². The Kier molecular flexibility index (Phi) is 2.95. The van der Waals surface area contributed by atoms with E-state index in [-0.39, 0.29) is 12.8 Å². The lowest BCUT2D eigenvalue weighted by Crippen LogP contribution is -2.59. The zero-order valence-electron chi connectivity index (χ0n) is 9.74. The quantitative estimate of drug-likeness (QED) is 0.827. The third-order valence-corrected chi connectivity index (χ3v) is 3.69. The molecule has 1 aromatic rings. The maximum atomic E-state index is 12.7. The van der Waals surface area contributed by atoms with Crippen LogP contribution in [0.4, 0.5) is 8.78 Å². The van der Waals surface area contributed by atoms with Gasteiger partial charge in [0.25, 0.3) is 0 Å². The van der Waals surface area contributed by atoms with E-state index in [1.165, 1.54) is 0 Å². The van der Waals surface area contributed by atoms with Crippen LogP contribution >= 0.6 is 0 Å². The number of nitrogens with two attached hydrogens (primary N) is 1.